The molecule has 1 heterocycles. The van der Waals surface area contributed by atoms with Crippen LogP contribution in [0.15, 0.2) is 54.6 Å². The summed E-state index contributed by atoms with van der Waals surface area (Å²) in [5.74, 6) is 0. The fourth-order valence-corrected chi connectivity index (χ4v) is 4.05. The molecule has 2 nitrogen and oxygen atoms in total. The van der Waals surface area contributed by atoms with Crippen molar-refractivity contribution < 1.29 is 0 Å². The van der Waals surface area contributed by atoms with Gasteiger partial charge in [-0.05, 0) is 78.4 Å². The number of H-pyrrole nitrogens is 1. The van der Waals surface area contributed by atoms with E-state index in [2.05, 4.69) is 60.4 Å². The highest BCUT2D eigenvalue weighted by Crippen LogP contribution is 2.35. The molecule has 0 saturated carbocycles. The molecule has 0 unspecified atom stereocenters. The van der Waals surface area contributed by atoms with E-state index in [0.29, 0.717) is 0 Å². The highest BCUT2D eigenvalue weighted by molar-refractivity contribution is 6.31. The first-order chi connectivity index (χ1) is 12.7. The van der Waals surface area contributed by atoms with Crippen molar-refractivity contribution in [1.29, 1.82) is 0 Å². The lowest BCUT2D eigenvalue weighted by atomic mass is 9.98. The molecule has 0 fully saturated rings. The summed E-state index contributed by atoms with van der Waals surface area (Å²) in [4.78, 5) is 3.68. The maximum absolute atomic E-state index is 6.36. The fourth-order valence-electron chi connectivity index (χ4n) is 3.78. The minimum absolute atomic E-state index is 0.730. The summed E-state index contributed by atoms with van der Waals surface area (Å²) < 4.78 is 0. The molecule has 0 amide bonds. The maximum Gasteiger partial charge on any atom is 0.0497 e. The molecular weight excluding hydrogens is 340 g/mol. The summed E-state index contributed by atoms with van der Waals surface area (Å²) in [6, 6.07) is 19.3. The van der Waals surface area contributed by atoms with Crippen molar-refractivity contribution in [3.8, 4) is 11.3 Å². The van der Waals surface area contributed by atoms with Crippen molar-refractivity contribution >= 4 is 33.3 Å². The molecule has 0 spiro atoms. The van der Waals surface area contributed by atoms with Gasteiger partial charge in [-0.2, -0.15) is 0 Å². The van der Waals surface area contributed by atoms with E-state index in [4.69, 9.17) is 17.3 Å². The Morgan fingerprint density at radius 3 is 2.58 bits per heavy atom. The van der Waals surface area contributed by atoms with Gasteiger partial charge in [0.15, 0.2) is 0 Å². The van der Waals surface area contributed by atoms with Gasteiger partial charge >= 0.3 is 0 Å². The molecule has 3 N–H and O–H groups in total. The zero-order valence-corrected chi connectivity index (χ0v) is 15.7. The van der Waals surface area contributed by atoms with E-state index in [1.165, 1.54) is 44.1 Å². The smallest absolute Gasteiger partial charge is 0.0497 e. The Bertz CT molecular complexity index is 1080. The zero-order valence-electron chi connectivity index (χ0n) is 15.0. The number of aromatic nitrogens is 1. The molecular formula is C23H23ClN2. The van der Waals surface area contributed by atoms with Gasteiger partial charge in [0.05, 0.1) is 0 Å². The van der Waals surface area contributed by atoms with Gasteiger partial charge in [-0.3, -0.25) is 0 Å². The minimum Gasteiger partial charge on any atom is -0.354 e. The first-order valence-electron chi connectivity index (χ1n) is 9.17. The third-order valence-corrected chi connectivity index (χ3v) is 5.31. The molecule has 0 saturated heterocycles. The molecule has 0 atom stereocenters. The van der Waals surface area contributed by atoms with Crippen LogP contribution in [0.4, 0.5) is 0 Å². The number of fused-ring (bicyclic) bond motifs is 2. The molecule has 0 aliphatic rings. The molecule has 132 valence electrons. The maximum atomic E-state index is 6.36. The highest BCUT2D eigenvalue weighted by Gasteiger charge is 2.15. The molecule has 4 aromatic rings. The monoisotopic (exact) mass is 362 g/mol. The van der Waals surface area contributed by atoms with Crippen molar-refractivity contribution in [1.82, 2.24) is 4.98 Å². The van der Waals surface area contributed by atoms with Crippen LogP contribution in [0.1, 0.15) is 24.0 Å². The Labute approximate surface area is 159 Å². The molecule has 0 aliphatic heterocycles. The summed E-state index contributed by atoms with van der Waals surface area (Å²) in [7, 11) is 0. The molecule has 3 aromatic carbocycles. The summed E-state index contributed by atoms with van der Waals surface area (Å²) in [6.07, 6.45) is 3.11. The second-order valence-corrected chi connectivity index (χ2v) is 7.37. The van der Waals surface area contributed by atoms with E-state index in [-0.39, 0.29) is 0 Å². The van der Waals surface area contributed by atoms with E-state index in [0.717, 1.165) is 30.8 Å². The van der Waals surface area contributed by atoms with Crippen LogP contribution in [-0.2, 0) is 6.42 Å². The number of aromatic amines is 1. The lowest BCUT2D eigenvalue weighted by molar-refractivity contribution is 0.748. The van der Waals surface area contributed by atoms with Gasteiger partial charge in [-0.1, -0.05) is 48.0 Å². The molecule has 0 bridgehead atoms. The predicted octanol–water partition coefficient (Wildman–Crippen LogP) is 6.23. The number of rotatable bonds is 5. The van der Waals surface area contributed by atoms with Crippen LogP contribution < -0.4 is 5.73 Å². The predicted molar refractivity (Wildman–Crippen MR) is 113 cm³/mol. The fraction of sp³-hybridized carbons (Fsp3) is 0.217. The average Bonchev–Trinajstić information content (AvgIpc) is 3.00. The van der Waals surface area contributed by atoms with E-state index in [1.807, 2.05) is 6.07 Å². The van der Waals surface area contributed by atoms with Gasteiger partial charge in [0, 0.05) is 21.6 Å². The molecule has 0 radical (unpaired) electrons. The SMILES string of the molecule is Cc1cc(Cl)cc2c(CCCCN)c(-c3ccc4ccccc4c3)[nH]c12. The van der Waals surface area contributed by atoms with Crippen LogP contribution in [0, 0.1) is 6.92 Å². The molecule has 0 aliphatic carbocycles. The number of unbranched alkanes of at least 4 members (excludes halogenated alkanes) is 1. The topological polar surface area (TPSA) is 41.8 Å². The van der Waals surface area contributed by atoms with E-state index < -0.39 is 0 Å². The third-order valence-electron chi connectivity index (χ3n) is 5.10. The Balaban J connectivity index is 1.91. The molecule has 4 rings (SSSR count). The van der Waals surface area contributed by atoms with Crippen molar-refractivity contribution in [2.24, 2.45) is 5.73 Å². The summed E-state index contributed by atoms with van der Waals surface area (Å²) in [6.45, 7) is 2.84. The van der Waals surface area contributed by atoms with Gasteiger partial charge in [0.25, 0.3) is 0 Å². The average molecular weight is 363 g/mol. The first-order valence-corrected chi connectivity index (χ1v) is 9.55. The van der Waals surface area contributed by atoms with Crippen molar-refractivity contribution in [2.45, 2.75) is 26.2 Å². The molecule has 26 heavy (non-hydrogen) atoms. The number of halogens is 1. The third kappa shape index (κ3) is 3.11. The number of nitrogens with two attached hydrogens (primary N) is 1. The van der Waals surface area contributed by atoms with E-state index in [1.54, 1.807) is 0 Å². The van der Waals surface area contributed by atoms with Crippen molar-refractivity contribution in [3.63, 3.8) is 0 Å². The highest BCUT2D eigenvalue weighted by atomic mass is 35.5. The van der Waals surface area contributed by atoms with Crippen molar-refractivity contribution in [3.05, 3.63) is 70.7 Å². The quantitative estimate of drug-likeness (QED) is 0.406. The zero-order chi connectivity index (χ0) is 18.1. The number of aryl methyl sites for hydroxylation is 2. The Hall–Kier alpha value is -2.29. The van der Waals surface area contributed by atoms with Gasteiger partial charge in [0.1, 0.15) is 0 Å². The standard InChI is InChI=1S/C23H23ClN2/c1-15-12-19(24)14-21-20(8-4-5-11-25)23(26-22(15)21)18-10-9-16-6-2-3-7-17(16)13-18/h2-3,6-7,9-10,12-14,26H,4-5,8,11,25H2,1H3. The number of hydrogen-bond donors (Lipinski definition) is 2. The van der Waals surface area contributed by atoms with Gasteiger partial charge < -0.3 is 10.7 Å². The summed E-state index contributed by atoms with van der Waals surface area (Å²) in [5.41, 5.74) is 11.8. The number of nitrogens with one attached hydrogen (secondary N) is 1. The van der Waals surface area contributed by atoms with Crippen LogP contribution in [0.5, 0.6) is 0 Å². The Morgan fingerprint density at radius 1 is 0.962 bits per heavy atom. The number of benzene rings is 3. The van der Waals surface area contributed by atoms with Crippen LogP contribution >= 0.6 is 11.6 Å². The second kappa shape index (κ2) is 7.14. The van der Waals surface area contributed by atoms with E-state index in [9.17, 15) is 0 Å². The van der Waals surface area contributed by atoms with Gasteiger partial charge in [0.2, 0.25) is 0 Å². The first kappa shape index (κ1) is 17.1. The summed E-state index contributed by atoms with van der Waals surface area (Å²) >= 11 is 6.36. The van der Waals surface area contributed by atoms with Crippen LogP contribution in [0.2, 0.25) is 5.02 Å². The molecule has 1 aromatic heterocycles. The Kier molecular flexibility index (Phi) is 4.71. The summed E-state index contributed by atoms with van der Waals surface area (Å²) in [5, 5.41) is 4.54. The van der Waals surface area contributed by atoms with Crippen LogP contribution in [0.25, 0.3) is 32.9 Å². The Morgan fingerprint density at radius 2 is 1.77 bits per heavy atom. The lowest BCUT2D eigenvalue weighted by Crippen LogP contribution is -1.99. The second-order valence-electron chi connectivity index (χ2n) is 6.93. The van der Waals surface area contributed by atoms with Crippen molar-refractivity contribution in [2.75, 3.05) is 6.54 Å². The lowest BCUT2D eigenvalue weighted by Gasteiger charge is -2.07. The molecule has 3 heteroatoms. The largest absolute Gasteiger partial charge is 0.354 e. The van der Waals surface area contributed by atoms with Gasteiger partial charge in [-0.25, -0.2) is 0 Å². The normalized spacial score (nSPS) is 11.5. The van der Waals surface area contributed by atoms with Crippen LogP contribution in [0.3, 0.4) is 0 Å². The number of hydrogen-bond acceptors (Lipinski definition) is 1. The van der Waals surface area contributed by atoms with E-state index >= 15 is 0 Å². The minimum atomic E-state index is 0.730. The van der Waals surface area contributed by atoms with Gasteiger partial charge in [-0.15, -0.1) is 0 Å². The van der Waals surface area contributed by atoms with Crippen LogP contribution in [-0.4, -0.2) is 11.5 Å².